The summed E-state index contributed by atoms with van der Waals surface area (Å²) in [5.74, 6) is -0.139. The maximum Gasteiger partial charge on any atom is 0.211 e. The van der Waals surface area contributed by atoms with E-state index in [1.54, 1.807) is 6.07 Å². The van der Waals surface area contributed by atoms with Crippen LogP contribution >= 0.6 is 0 Å². The van der Waals surface area contributed by atoms with E-state index in [4.69, 9.17) is 14.2 Å². The SMILES string of the molecule is COc1c(C2(O)CC2)cc2c(c1F)OCCO2. The van der Waals surface area contributed by atoms with E-state index in [-0.39, 0.29) is 11.5 Å². The standard InChI is InChI=1S/C12H13FO4/c1-15-10-7(12(14)2-3-12)6-8-11(9(10)13)17-5-4-16-8/h6,14H,2-5H2,1H3. The molecule has 4 nitrogen and oxygen atoms in total. The van der Waals surface area contributed by atoms with Crippen LogP contribution in [0.2, 0.25) is 0 Å². The molecule has 1 heterocycles. The van der Waals surface area contributed by atoms with Gasteiger partial charge in [-0.1, -0.05) is 0 Å². The van der Waals surface area contributed by atoms with Crippen LogP contribution in [0.3, 0.4) is 0 Å². The van der Waals surface area contributed by atoms with Crippen LogP contribution in [0, 0.1) is 5.82 Å². The third kappa shape index (κ3) is 1.53. The fraction of sp³-hybridized carbons (Fsp3) is 0.500. The molecule has 1 aromatic rings. The van der Waals surface area contributed by atoms with E-state index < -0.39 is 11.4 Å². The van der Waals surface area contributed by atoms with Crippen LogP contribution in [-0.4, -0.2) is 25.4 Å². The van der Waals surface area contributed by atoms with Gasteiger partial charge in [0.15, 0.2) is 11.5 Å². The summed E-state index contributed by atoms with van der Waals surface area (Å²) in [5.41, 5.74) is -0.524. The number of aliphatic hydroxyl groups is 1. The molecule has 0 unspecified atom stereocenters. The van der Waals surface area contributed by atoms with E-state index in [9.17, 15) is 9.50 Å². The van der Waals surface area contributed by atoms with Crippen LogP contribution in [0.5, 0.6) is 17.2 Å². The molecule has 17 heavy (non-hydrogen) atoms. The van der Waals surface area contributed by atoms with Crippen molar-refractivity contribution in [2.75, 3.05) is 20.3 Å². The molecule has 0 aromatic heterocycles. The lowest BCUT2D eigenvalue weighted by molar-refractivity contribution is 0.138. The van der Waals surface area contributed by atoms with Crippen molar-refractivity contribution in [3.8, 4) is 17.2 Å². The summed E-state index contributed by atoms with van der Waals surface area (Å²) in [5, 5.41) is 10.1. The Morgan fingerprint density at radius 2 is 2.06 bits per heavy atom. The molecule has 0 bridgehead atoms. The van der Waals surface area contributed by atoms with Crippen LogP contribution in [0.4, 0.5) is 4.39 Å². The highest BCUT2D eigenvalue weighted by Crippen LogP contribution is 2.53. The van der Waals surface area contributed by atoms with Crippen molar-refractivity contribution in [3.05, 3.63) is 17.4 Å². The first-order valence-electron chi connectivity index (χ1n) is 5.55. The van der Waals surface area contributed by atoms with Gasteiger partial charge >= 0.3 is 0 Å². The highest BCUT2D eigenvalue weighted by atomic mass is 19.1. The quantitative estimate of drug-likeness (QED) is 0.852. The maximum absolute atomic E-state index is 14.1. The van der Waals surface area contributed by atoms with Gasteiger partial charge in [-0.15, -0.1) is 0 Å². The number of benzene rings is 1. The summed E-state index contributed by atoms with van der Waals surface area (Å²) in [7, 11) is 1.38. The van der Waals surface area contributed by atoms with Crippen molar-refractivity contribution in [1.82, 2.24) is 0 Å². The molecule has 1 saturated carbocycles. The largest absolute Gasteiger partial charge is 0.493 e. The van der Waals surface area contributed by atoms with Gasteiger partial charge in [0.25, 0.3) is 0 Å². The molecule has 0 radical (unpaired) electrons. The van der Waals surface area contributed by atoms with Crippen molar-refractivity contribution in [2.45, 2.75) is 18.4 Å². The first kappa shape index (κ1) is 10.7. The lowest BCUT2D eigenvalue weighted by atomic mass is 10.0. The van der Waals surface area contributed by atoms with Gasteiger partial charge in [0, 0.05) is 5.56 Å². The molecule has 0 saturated heterocycles. The van der Waals surface area contributed by atoms with Crippen molar-refractivity contribution >= 4 is 0 Å². The molecule has 1 aliphatic heterocycles. The van der Waals surface area contributed by atoms with Gasteiger partial charge in [0.2, 0.25) is 11.6 Å². The normalized spacial score (nSPS) is 19.9. The summed E-state index contributed by atoms with van der Waals surface area (Å²) >= 11 is 0. The van der Waals surface area contributed by atoms with E-state index in [1.165, 1.54) is 7.11 Å². The Balaban J connectivity index is 2.18. The smallest absolute Gasteiger partial charge is 0.211 e. The van der Waals surface area contributed by atoms with Crippen LogP contribution in [0.1, 0.15) is 18.4 Å². The monoisotopic (exact) mass is 240 g/mol. The molecule has 1 aliphatic carbocycles. The lowest BCUT2D eigenvalue weighted by Gasteiger charge is -2.23. The van der Waals surface area contributed by atoms with E-state index in [1.807, 2.05) is 0 Å². The minimum atomic E-state index is -0.970. The second-order valence-electron chi connectivity index (χ2n) is 4.33. The summed E-state index contributed by atoms with van der Waals surface area (Å²) in [6, 6.07) is 1.61. The Labute approximate surface area is 97.9 Å². The number of methoxy groups -OCH3 is 1. The average Bonchev–Trinajstić information content (AvgIpc) is 3.08. The number of halogens is 1. The molecule has 0 spiro atoms. The molecule has 1 fully saturated rings. The second-order valence-corrected chi connectivity index (χ2v) is 4.33. The zero-order chi connectivity index (χ0) is 12.0. The van der Waals surface area contributed by atoms with Gasteiger partial charge in [-0.05, 0) is 18.9 Å². The van der Waals surface area contributed by atoms with Crippen molar-refractivity contribution in [1.29, 1.82) is 0 Å². The van der Waals surface area contributed by atoms with Crippen molar-refractivity contribution < 1.29 is 23.7 Å². The second kappa shape index (κ2) is 3.50. The van der Waals surface area contributed by atoms with Gasteiger partial charge in [-0.3, -0.25) is 0 Å². The molecule has 1 aromatic carbocycles. The third-order valence-corrected chi connectivity index (χ3v) is 3.16. The minimum Gasteiger partial charge on any atom is -0.493 e. The molecule has 92 valence electrons. The summed E-state index contributed by atoms with van der Waals surface area (Å²) in [4.78, 5) is 0. The zero-order valence-electron chi connectivity index (χ0n) is 9.46. The highest BCUT2D eigenvalue weighted by Gasteiger charge is 2.46. The topological polar surface area (TPSA) is 47.9 Å². The zero-order valence-corrected chi connectivity index (χ0v) is 9.46. The Hall–Kier alpha value is -1.49. The van der Waals surface area contributed by atoms with Gasteiger partial charge in [0.1, 0.15) is 13.2 Å². The highest BCUT2D eigenvalue weighted by molar-refractivity contribution is 5.55. The van der Waals surface area contributed by atoms with Gasteiger partial charge in [0.05, 0.1) is 12.7 Å². The van der Waals surface area contributed by atoms with Crippen LogP contribution in [0.25, 0.3) is 0 Å². The molecule has 2 aliphatic rings. The third-order valence-electron chi connectivity index (χ3n) is 3.16. The fourth-order valence-electron chi connectivity index (χ4n) is 2.06. The van der Waals surface area contributed by atoms with Crippen LogP contribution in [0.15, 0.2) is 6.07 Å². The number of rotatable bonds is 2. The van der Waals surface area contributed by atoms with E-state index in [0.717, 1.165) is 0 Å². The molecule has 3 rings (SSSR count). The van der Waals surface area contributed by atoms with E-state index >= 15 is 0 Å². The summed E-state index contributed by atoms with van der Waals surface area (Å²) in [6.45, 7) is 0.702. The predicted molar refractivity (Wildman–Crippen MR) is 57.1 cm³/mol. The molecule has 1 N–H and O–H groups in total. The Morgan fingerprint density at radius 3 is 2.71 bits per heavy atom. The predicted octanol–water partition coefficient (Wildman–Crippen LogP) is 1.59. The number of fused-ring (bicyclic) bond motifs is 1. The molecular formula is C12H13FO4. The van der Waals surface area contributed by atoms with Crippen LogP contribution < -0.4 is 14.2 Å². The lowest BCUT2D eigenvalue weighted by Crippen LogP contribution is -2.18. The average molecular weight is 240 g/mol. The van der Waals surface area contributed by atoms with Crippen molar-refractivity contribution in [2.24, 2.45) is 0 Å². The Kier molecular flexibility index (Phi) is 2.19. The Bertz CT molecular complexity index is 468. The van der Waals surface area contributed by atoms with Gasteiger partial charge < -0.3 is 19.3 Å². The first-order chi connectivity index (χ1) is 8.15. The van der Waals surface area contributed by atoms with Gasteiger partial charge in [-0.25, -0.2) is 0 Å². The first-order valence-corrected chi connectivity index (χ1v) is 5.55. The maximum atomic E-state index is 14.1. The number of ether oxygens (including phenoxy) is 3. The van der Waals surface area contributed by atoms with E-state index in [2.05, 4.69) is 0 Å². The van der Waals surface area contributed by atoms with E-state index in [0.29, 0.717) is 37.4 Å². The molecular weight excluding hydrogens is 227 g/mol. The van der Waals surface area contributed by atoms with Crippen LogP contribution in [-0.2, 0) is 5.60 Å². The summed E-state index contributed by atoms with van der Waals surface area (Å²) < 4.78 is 29.7. The number of hydrogen-bond donors (Lipinski definition) is 1. The fourth-order valence-corrected chi connectivity index (χ4v) is 2.06. The van der Waals surface area contributed by atoms with Gasteiger partial charge in [-0.2, -0.15) is 4.39 Å². The van der Waals surface area contributed by atoms with Crippen molar-refractivity contribution in [3.63, 3.8) is 0 Å². The summed E-state index contributed by atoms with van der Waals surface area (Å²) in [6.07, 6.45) is 1.23. The minimum absolute atomic E-state index is 0.0502. The Morgan fingerprint density at radius 1 is 1.35 bits per heavy atom. The number of hydrogen-bond acceptors (Lipinski definition) is 4. The molecule has 0 atom stereocenters. The molecule has 5 heteroatoms. The molecule has 0 amide bonds.